The maximum absolute atomic E-state index is 12.0. The van der Waals surface area contributed by atoms with Crippen molar-refractivity contribution in [1.82, 2.24) is 9.55 Å². The third-order valence-corrected chi connectivity index (χ3v) is 2.84. The Bertz CT molecular complexity index is 637. The molecule has 0 aliphatic carbocycles. The maximum Gasteiger partial charge on any atom is 0.337 e. The molecule has 0 fully saturated rings. The van der Waals surface area contributed by atoms with Gasteiger partial charge in [-0.2, -0.15) is 0 Å². The molecule has 2 rings (SSSR count). The van der Waals surface area contributed by atoms with Gasteiger partial charge in [0, 0.05) is 19.5 Å². The van der Waals surface area contributed by atoms with Crippen LogP contribution in [-0.2, 0) is 22.7 Å². The molecule has 2 aromatic heterocycles. The molecule has 0 saturated heterocycles. The van der Waals surface area contributed by atoms with E-state index in [1.807, 2.05) is 0 Å². The van der Waals surface area contributed by atoms with Gasteiger partial charge in [-0.15, -0.1) is 0 Å². The van der Waals surface area contributed by atoms with Crippen LogP contribution in [0.4, 0.5) is 5.82 Å². The first-order valence-electron chi connectivity index (χ1n) is 6.23. The zero-order chi connectivity index (χ0) is 15.2. The highest BCUT2D eigenvalue weighted by Gasteiger charge is 2.16. The molecule has 2 heterocycles. The molecule has 110 valence electrons. The number of ether oxygens (including phenoxy) is 1. The summed E-state index contributed by atoms with van der Waals surface area (Å²) in [5.74, 6) is -0.897. The van der Waals surface area contributed by atoms with Crippen molar-refractivity contribution in [2.75, 3.05) is 12.4 Å². The third kappa shape index (κ3) is 3.67. The van der Waals surface area contributed by atoms with E-state index in [0.29, 0.717) is 11.5 Å². The Labute approximate surface area is 121 Å². The number of aromatic nitrogens is 2. The predicted molar refractivity (Wildman–Crippen MR) is 75.0 cm³/mol. The Morgan fingerprint density at radius 3 is 2.81 bits per heavy atom. The summed E-state index contributed by atoms with van der Waals surface area (Å²) in [4.78, 5) is 27.1. The smallest absolute Gasteiger partial charge is 0.337 e. The van der Waals surface area contributed by atoms with Crippen LogP contribution in [0.2, 0.25) is 0 Å². The summed E-state index contributed by atoms with van der Waals surface area (Å²) < 4.78 is 6.54. The van der Waals surface area contributed by atoms with Crippen LogP contribution >= 0.6 is 0 Å². The number of carbonyl (C=O) groups excluding carboxylic acids is 1. The molecule has 0 aliphatic heterocycles. The molecule has 0 saturated carbocycles. The Hall–Kier alpha value is -2.67. The Kier molecular flexibility index (Phi) is 4.68. The van der Waals surface area contributed by atoms with Crippen molar-refractivity contribution in [3.63, 3.8) is 0 Å². The molecule has 1 amide bonds. The number of nitrogens with one attached hydrogen (secondary N) is 1. The number of carboxylic acid groups (broad SMARTS) is 1. The number of carbonyl (C=O) groups is 2. The van der Waals surface area contributed by atoms with Gasteiger partial charge < -0.3 is 19.7 Å². The Morgan fingerprint density at radius 1 is 1.38 bits per heavy atom. The average molecular weight is 289 g/mol. The van der Waals surface area contributed by atoms with Crippen molar-refractivity contribution in [1.29, 1.82) is 0 Å². The van der Waals surface area contributed by atoms with Crippen molar-refractivity contribution in [2.24, 2.45) is 0 Å². The van der Waals surface area contributed by atoms with Gasteiger partial charge in [-0.3, -0.25) is 4.79 Å². The Morgan fingerprint density at radius 2 is 2.19 bits per heavy atom. The van der Waals surface area contributed by atoms with Crippen LogP contribution in [0.3, 0.4) is 0 Å². The second kappa shape index (κ2) is 6.67. The predicted octanol–water partition coefficient (Wildman–Crippen LogP) is 1.37. The van der Waals surface area contributed by atoms with E-state index in [0.717, 1.165) is 0 Å². The first-order chi connectivity index (χ1) is 10.1. The van der Waals surface area contributed by atoms with Crippen LogP contribution < -0.4 is 5.32 Å². The van der Waals surface area contributed by atoms with E-state index < -0.39 is 5.97 Å². The van der Waals surface area contributed by atoms with Crippen LogP contribution in [0.5, 0.6) is 0 Å². The number of nitrogens with zero attached hydrogens (tertiary/aromatic N) is 2. The number of methoxy groups -OCH3 is 1. The minimum Gasteiger partial charge on any atom is -0.478 e. The fourth-order valence-corrected chi connectivity index (χ4v) is 1.92. The largest absolute Gasteiger partial charge is 0.478 e. The SMILES string of the molecule is COCc1c(C(=O)O)ccn1CC(=O)Nc1ccccn1. The summed E-state index contributed by atoms with van der Waals surface area (Å²) in [6.45, 7) is 0.105. The molecule has 0 aliphatic rings. The van der Waals surface area contributed by atoms with E-state index in [2.05, 4.69) is 10.3 Å². The summed E-state index contributed by atoms with van der Waals surface area (Å²) >= 11 is 0. The summed E-state index contributed by atoms with van der Waals surface area (Å²) in [7, 11) is 1.47. The number of amides is 1. The van der Waals surface area contributed by atoms with Gasteiger partial charge in [0.1, 0.15) is 12.4 Å². The zero-order valence-corrected chi connectivity index (χ0v) is 11.4. The van der Waals surface area contributed by atoms with Crippen LogP contribution in [0.1, 0.15) is 16.1 Å². The van der Waals surface area contributed by atoms with Gasteiger partial charge >= 0.3 is 5.97 Å². The summed E-state index contributed by atoms with van der Waals surface area (Å²) in [5, 5.41) is 11.7. The molecule has 0 unspecified atom stereocenters. The van der Waals surface area contributed by atoms with E-state index in [1.54, 1.807) is 35.2 Å². The summed E-state index contributed by atoms with van der Waals surface area (Å²) in [6.07, 6.45) is 3.12. The molecular weight excluding hydrogens is 274 g/mol. The molecule has 0 spiro atoms. The highest BCUT2D eigenvalue weighted by Crippen LogP contribution is 2.13. The third-order valence-electron chi connectivity index (χ3n) is 2.84. The molecule has 2 aromatic rings. The van der Waals surface area contributed by atoms with Gasteiger partial charge in [0.25, 0.3) is 0 Å². The first kappa shape index (κ1) is 14.7. The van der Waals surface area contributed by atoms with E-state index in [1.165, 1.54) is 13.2 Å². The molecular formula is C14H15N3O4. The zero-order valence-electron chi connectivity index (χ0n) is 11.4. The van der Waals surface area contributed by atoms with E-state index in [-0.39, 0.29) is 24.6 Å². The molecule has 0 radical (unpaired) electrons. The molecule has 0 atom stereocenters. The molecule has 7 heteroatoms. The number of anilines is 1. The lowest BCUT2D eigenvalue weighted by Gasteiger charge is -2.10. The summed E-state index contributed by atoms with van der Waals surface area (Å²) in [5.41, 5.74) is 0.573. The van der Waals surface area contributed by atoms with Crippen molar-refractivity contribution in [3.05, 3.63) is 47.9 Å². The summed E-state index contributed by atoms with van der Waals surface area (Å²) in [6, 6.07) is 6.63. The molecule has 21 heavy (non-hydrogen) atoms. The van der Waals surface area contributed by atoms with Gasteiger partial charge in [0.15, 0.2) is 0 Å². The number of carboxylic acids is 1. The lowest BCUT2D eigenvalue weighted by atomic mass is 10.2. The molecule has 0 aromatic carbocycles. The minimum absolute atomic E-state index is 0.0114. The van der Waals surface area contributed by atoms with E-state index >= 15 is 0 Å². The number of rotatable bonds is 6. The van der Waals surface area contributed by atoms with Gasteiger partial charge in [0.2, 0.25) is 5.91 Å². The van der Waals surface area contributed by atoms with Gasteiger partial charge in [0.05, 0.1) is 17.9 Å². The van der Waals surface area contributed by atoms with Crippen molar-refractivity contribution >= 4 is 17.7 Å². The van der Waals surface area contributed by atoms with Gasteiger partial charge in [-0.1, -0.05) is 6.07 Å². The number of hydrogen-bond donors (Lipinski definition) is 2. The normalized spacial score (nSPS) is 10.3. The lowest BCUT2D eigenvalue weighted by Crippen LogP contribution is -2.20. The van der Waals surface area contributed by atoms with Gasteiger partial charge in [-0.25, -0.2) is 9.78 Å². The first-order valence-corrected chi connectivity index (χ1v) is 6.23. The Balaban J connectivity index is 2.12. The monoisotopic (exact) mass is 289 g/mol. The maximum atomic E-state index is 12.0. The standard InChI is InChI=1S/C14H15N3O4/c1-21-9-11-10(14(19)20)5-7-17(11)8-13(18)16-12-4-2-3-6-15-12/h2-7H,8-9H2,1H3,(H,19,20)(H,15,16,18). The highest BCUT2D eigenvalue weighted by atomic mass is 16.5. The minimum atomic E-state index is -1.05. The highest BCUT2D eigenvalue weighted by molar-refractivity contribution is 5.91. The number of aromatic carboxylic acids is 1. The fourth-order valence-electron chi connectivity index (χ4n) is 1.92. The number of hydrogen-bond acceptors (Lipinski definition) is 4. The van der Waals surface area contributed by atoms with Crippen LogP contribution in [-0.4, -0.2) is 33.6 Å². The second-order valence-electron chi connectivity index (χ2n) is 4.31. The van der Waals surface area contributed by atoms with Crippen molar-refractivity contribution < 1.29 is 19.4 Å². The number of pyridine rings is 1. The quantitative estimate of drug-likeness (QED) is 0.837. The average Bonchev–Trinajstić information content (AvgIpc) is 2.83. The molecule has 0 bridgehead atoms. The van der Waals surface area contributed by atoms with Crippen LogP contribution in [0.25, 0.3) is 0 Å². The van der Waals surface area contributed by atoms with Crippen LogP contribution in [0.15, 0.2) is 36.7 Å². The second-order valence-corrected chi connectivity index (χ2v) is 4.31. The van der Waals surface area contributed by atoms with Crippen LogP contribution in [0, 0.1) is 0 Å². The van der Waals surface area contributed by atoms with Gasteiger partial charge in [-0.05, 0) is 18.2 Å². The van der Waals surface area contributed by atoms with Crippen molar-refractivity contribution in [2.45, 2.75) is 13.2 Å². The molecule has 2 N–H and O–H groups in total. The van der Waals surface area contributed by atoms with E-state index in [4.69, 9.17) is 9.84 Å². The topological polar surface area (TPSA) is 93.5 Å². The lowest BCUT2D eigenvalue weighted by molar-refractivity contribution is -0.116. The molecule has 7 nitrogen and oxygen atoms in total. The van der Waals surface area contributed by atoms with Crippen molar-refractivity contribution in [3.8, 4) is 0 Å². The van der Waals surface area contributed by atoms with E-state index in [9.17, 15) is 9.59 Å². The fraction of sp³-hybridized carbons (Fsp3) is 0.214.